The lowest BCUT2D eigenvalue weighted by Gasteiger charge is -2.43. The molecule has 1 aromatic heterocycles. The molecule has 0 saturated carbocycles. The fourth-order valence-corrected chi connectivity index (χ4v) is 4.65. The first-order valence-electron chi connectivity index (χ1n) is 8.56. The predicted molar refractivity (Wildman–Crippen MR) is 105 cm³/mol. The monoisotopic (exact) mass is 423 g/mol. The van der Waals surface area contributed by atoms with Crippen LogP contribution in [0.5, 0.6) is 0 Å². The van der Waals surface area contributed by atoms with E-state index in [9.17, 15) is 5.21 Å². The lowest BCUT2D eigenvalue weighted by molar-refractivity contribution is -0.890. The van der Waals surface area contributed by atoms with E-state index in [4.69, 9.17) is 0 Å². The van der Waals surface area contributed by atoms with Crippen LogP contribution in [-0.4, -0.2) is 58.2 Å². The standard InChI is InChI=1S/C17H22BrN5OS/c1-25-17-20-8-13-10-23(24,9-12-4-5-15(18)19-7-12)11-14-3-2-6-22(14)16(13)21-17/h4-5,7-8,14,17,21H,2-3,6,9-11H2,1H3/t14?,17-,23?/m0/s1. The molecule has 6 nitrogen and oxygen atoms in total. The van der Waals surface area contributed by atoms with Crippen LogP contribution in [0.3, 0.4) is 0 Å². The molecule has 3 aliphatic heterocycles. The number of hydrogen-bond donors (Lipinski definition) is 1. The van der Waals surface area contributed by atoms with Crippen LogP contribution in [0.15, 0.2) is 39.3 Å². The number of nitrogens with one attached hydrogen (secondary N) is 1. The van der Waals surface area contributed by atoms with Crippen molar-refractivity contribution in [3.05, 3.63) is 45.1 Å². The summed E-state index contributed by atoms with van der Waals surface area (Å²) in [4.78, 5) is 11.2. The molecule has 0 amide bonds. The molecule has 8 heteroatoms. The van der Waals surface area contributed by atoms with E-state index in [0.717, 1.165) is 40.9 Å². The van der Waals surface area contributed by atoms with Crippen LogP contribution in [0, 0.1) is 5.21 Å². The van der Waals surface area contributed by atoms with E-state index in [-0.39, 0.29) is 10.1 Å². The minimum absolute atomic E-state index is 0.0438. The summed E-state index contributed by atoms with van der Waals surface area (Å²) in [5.74, 6) is 1.13. The smallest absolute Gasteiger partial charge is 0.167 e. The molecule has 1 N–H and O–H groups in total. The molecule has 1 saturated heterocycles. The summed E-state index contributed by atoms with van der Waals surface area (Å²) >= 11 is 5.04. The van der Waals surface area contributed by atoms with Crippen molar-refractivity contribution in [1.82, 2.24) is 15.2 Å². The molecule has 134 valence electrons. The fraction of sp³-hybridized carbons (Fsp3) is 0.529. The molecular formula is C17H22BrN5OS. The van der Waals surface area contributed by atoms with Crippen molar-refractivity contribution in [2.24, 2.45) is 4.99 Å². The predicted octanol–water partition coefficient (Wildman–Crippen LogP) is 2.67. The molecule has 0 radical (unpaired) electrons. The first-order chi connectivity index (χ1) is 12.1. The lowest BCUT2D eigenvalue weighted by atomic mass is 10.1. The van der Waals surface area contributed by atoms with Crippen molar-refractivity contribution < 1.29 is 4.65 Å². The van der Waals surface area contributed by atoms with Gasteiger partial charge in [-0.1, -0.05) is 0 Å². The summed E-state index contributed by atoms with van der Waals surface area (Å²) in [7, 11) is 0. The Morgan fingerprint density at radius 3 is 3.12 bits per heavy atom. The van der Waals surface area contributed by atoms with E-state index in [1.165, 1.54) is 0 Å². The Bertz CT molecular complexity index is 709. The number of hydroxylamine groups is 3. The first kappa shape index (κ1) is 17.3. The molecule has 1 fully saturated rings. The molecule has 4 heterocycles. The van der Waals surface area contributed by atoms with Crippen LogP contribution in [0.25, 0.3) is 0 Å². The van der Waals surface area contributed by atoms with Gasteiger partial charge < -0.3 is 20.1 Å². The van der Waals surface area contributed by atoms with Crippen LogP contribution in [0.4, 0.5) is 0 Å². The van der Waals surface area contributed by atoms with Gasteiger partial charge in [-0.05, 0) is 47.2 Å². The minimum atomic E-state index is -0.249. The largest absolute Gasteiger partial charge is 0.632 e. The van der Waals surface area contributed by atoms with Gasteiger partial charge in [0.1, 0.15) is 23.5 Å². The normalized spacial score (nSPS) is 31.4. The highest BCUT2D eigenvalue weighted by Crippen LogP contribution is 2.33. The average molecular weight is 424 g/mol. The van der Waals surface area contributed by atoms with E-state index in [1.807, 2.05) is 24.6 Å². The fourth-order valence-electron chi connectivity index (χ4n) is 4.00. The van der Waals surface area contributed by atoms with Crippen LogP contribution in [0.2, 0.25) is 0 Å². The zero-order valence-electron chi connectivity index (χ0n) is 14.2. The zero-order chi connectivity index (χ0) is 17.4. The maximum Gasteiger partial charge on any atom is 0.167 e. The van der Waals surface area contributed by atoms with E-state index < -0.39 is 0 Å². The summed E-state index contributed by atoms with van der Waals surface area (Å²) in [5, 5.41) is 17.2. The molecular weight excluding hydrogens is 402 g/mol. The molecule has 0 aliphatic carbocycles. The number of thioether (sulfide) groups is 1. The average Bonchev–Trinajstić information content (AvgIpc) is 3.00. The van der Waals surface area contributed by atoms with E-state index >= 15 is 0 Å². The highest BCUT2D eigenvalue weighted by atomic mass is 79.9. The van der Waals surface area contributed by atoms with Gasteiger partial charge in [-0.2, -0.15) is 0 Å². The Morgan fingerprint density at radius 2 is 2.36 bits per heavy atom. The molecule has 0 aromatic carbocycles. The number of fused-ring (bicyclic) bond motifs is 2. The second-order valence-corrected chi connectivity index (χ2v) is 8.65. The van der Waals surface area contributed by atoms with E-state index in [0.29, 0.717) is 25.7 Å². The highest BCUT2D eigenvalue weighted by molar-refractivity contribution is 9.10. The number of halogens is 1. The van der Waals surface area contributed by atoms with E-state index in [2.05, 4.69) is 36.1 Å². The van der Waals surface area contributed by atoms with Crippen molar-refractivity contribution in [3.8, 4) is 0 Å². The Kier molecular flexibility index (Phi) is 4.79. The topological polar surface area (TPSA) is 63.6 Å². The van der Waals surface area contributed by atoms with Gasteiger partial charge in [0, 0.05) is 24.5 Å². The van der Waals surface area contributed by atoms with Crippen LogP contribution in [-0.2, 0) is 6.54 Å². The molecule has 2 unspecified atom stereocenters. The third kappa shape index (κ3) is 3.58. The van der Waals surface area contributed by atoms with Crippen molar-refractivity contribution >= 4 is 33.9 Å². The summed E-state index contributed by atoms with van der Waals surface area (Å²) < 4.78 is 0.546. The number of rotatable bonds is 3. The van der Waals surface area contributed by atoms with Crippen molar-refractivity contribution in [2.75, 3.05) is 25.9 Å². The third-order valence-electron chi connectivity index (χ3n) is 5.08. The number of aromatic nitrogens is 1. The van der Waals surface area contributed by atoms with Gasteiger partial charge >= 0.3 is 0 Å². The summed E-state index contributed by atoms with van der Waals surface area (Å²) in [5.41, 5.74) is 2.06. The lowest BCUT2D eigenvalue weighted by Crippen LogP contribution is -2.48. The molecule has 0 bridgehead atoms. The maximum atomic E-state index is 13.7. The third-order valence-corrected chi connectivity index (χ3v) is 6.23. The van der Waals surface area contributed by atoms with Gasteiger partial charge in [0.25, 0.3) is 0 Å². The second-order valence-electron chi connectivity index (χ2n) is 6.92. The molecule has 4 rings (SSSR count). The van der Waals surface area contributed by atoms with Crippen LogP contribution < -0.4 is 5.32 Å². The van der Waals surface area contributed by atoms with Crippen LogP contribution >= 0.6 is 27.7 Å². The molecule has 3 atom stereocenters. The molecule has 0 spiro atoms. The number of aliphatic imine (C=N–C) groups is 1. The first-order valence-corrected chi connectivity index (χ1v) is 10.6. The van der Waals surface area contributed by atoms with E-state index in [1.54, 1.807) is 18.0 Å². The Hall–Kier alpha value is -1.09. The minimum Gasteiger partial charge on any atom is -0.632 e. The Balaban J connectivity index is 1.63. The SMILES string of the molecule is CS[C@H]1N=CC2=C(N1)N1CCCC1C[N+]([O-])(Cc1ccc(Br)nc1)C2. The molecule has 25 heavy (non-hydrogen) atoms. The summed E-state index contributed by atoms with van der Waals surface area (Å²) in [6.45, 7) is 2.53. The maximum absolute atomic E-state index is 13.7. The molecule has 1 aromatic rings. The second kappa shape index (κ2) is 6.90. The van der Waals surface area contributed by atoms with Gasteiger partial charge in [0.2, 0.25) is 0 Å². The van der Waals surface area contributed by atoms with Gasteiger partial charge in [-0.15, -0.1) is 11.8 Å². The number of hydrogen-bond acceptors (Lipinski definition) is 6. The number of pyridine rings is 1. The highest BCUT2D eigenvalue weighted by Gasteiger charge is 2.39. The summed E-state index contributed by atoms with van der Waals surface area (Å²) in [6, 6.07) is 4.19. The Labute approximate surface area is 160 Å². The quantitative estimate of drug-likeness (QED) is 0.459. The zero-order valence-corrected chi connectivity index (χ0v) is 16.6. The van der Waals surface area contributed by atoms with Crippen molar-refractivity contribution in [1.29, 1.82) is 0 Å². The van der Waals surface area contributed by atoms with Crippen molar-refractivity contribution in [3.63, 3.8) is 0 Å². The van der Waals surface area contributed by atoms with Crippen LogP contribution in [0.1, 0.15) is 18.4 Å². The van der Waals surface area contributed by atoms with Gasteiger partial charge in [0.05, 0.1) is 18.2 Å². The van der Waals surface area contributed by atoms with Gasteiger partial charge in [0.15, 0.2) is 5.50 Å². The Morgan fingerprint density at radius 1 is 1.48 bits per heavy atom. The molecule has 3 aliphatic rings. The van der Waals surface area contributed by atoms with Gasteiger partial charge in [-0.25, -0.2) is 4.98 Å². The summed E-state index contributed by atoms with van der Waals surface area (Å²) in [6.07, 6.45) is 7.99. The number of nitrogens with zero attached hydrogens (tertiary/aromatic N) is 4. The van der Waals surface area contributed by atoms with Gasteiger partial charge in [-0.3, -0.25) is 4.99 Å². The number of quaternary nitrogens is 1. The van der Waals surface area contributed by atoms with Crippen molar-refractivity contribution in [2.45, 2.75) is 30.9 Å².